The molecule has 10 heteroatoms. The molecular formula is C25H18N4O6. The molecule has 3 aliphatic rings. The molecule has 2 amide bonds. The van der Waals surface area contributed by atoms with E-state index in [2.05, 4.69) is 0 Å². The van der Waals surface area contributed by atoms with Crippen molar-refractivity contribution in [3.8, 4) is 11.8 Å². The molecule has 0 N–H and O–H groups in total. The Kier molecular flexibility index (Phi) is 5.17. The van der Waals surface area contributed by atoms with Crippen molar-refractivity contribution < 1.29 is 24.0 Å². The molecule has 0 aromatic heterocycles. The quantitative estimate of drug-likeness (QED) is 0.282. The molecule has 0 unspecified atom stereocenters. The van der Waals surface area contributed by atoms with Crippen LogP contribution in [0.1, 0.15) is 10.4 Å². The van der Waals surface area contributed by atoms with Gasteiger partial charge in [-0.15, -0.1) is 0 Å². The van der Waals surface area contributed by atoms with Crippen LogP contribution in [-0.2, 0) is 9.59 Å². The third kappa shape index (κ3) is 3.36. The van der Waals surface area contributed by atoms with E-state index in [-0.39, 0.29) is 11.3 Å². The molecule has 2 saturated heterocycles. The van der Waals surface area contributed by atoms with Gasteiger partial charge in [0.1, 0.15) is 11.8 Å². The van der Waals surface area contributed by atoms with E-state index in [0.29, 0.717) is 17.0 Å². The lowest BCUT2D eigenvalue weighted by molar-refractivity contribution is -0.384. The maximum Gasteiger partial charge on any atom is 0.270 e. The summed E-state index contributed by atoms with van der Waals surface area (Å²) in [5.41, 5.74) is 0.474. The van der Waals surface area contributed by atoms with Gasteiger partial charge >= 0.3 is 0 Å². The molecule has 0 aliphatic carbocycles. The van der Waals surface area contributed by atoms with Gasteiger partial charge in [-0.1, -0.05) is 12.1 Å². The Morgan fingerprint density at radius 2 is 1.83 bits per heavy atom. The maximum atomic E-state index is 13.7. The van der Waals surface area contributed by atoms with E-state index in [4.69, 9.17) is 4.74 Å². The number of rotatable bonds is 5. The van der Waals surface area contributed by atoms with E-state index < -0.39 is 46.4 Å². The van der Waals surface area contributed by atoms with Crippen LogP contribution in [0.2, 0.25) is 0 Å². The maximum absolute atomic E-state index is 13.7. The van der Waals surface area contributed by atoms with Gasteiger partial charge < -0.3 is 9.64 Å². The molecule has 35 heavy (non-hydrogen) atoms. The van der Waals surface area contributed by atoms with Crippen LogP contribution in [0, 0.1) is 33.3 Å². The SMILES string of the molecule is COc1ccc(N2C(=O)[C@@H]3[C@@H](C2=O)[C@H](C(=O)c2cccc([N+](=O)[O-])c2)N2C=CC(C#N)=C[C@H]32)cc1. The Hall–Kier alpha value is -4.78. The number of Topliss-reactive ketones (excluding diaryl/α,β-unsaturated/α-hetero) is 1. The minimum absolute atomic E-state index is 0.0650. The molecule has 3 heterocycles. The number of nitrogens with zero attached hydrogens (tertiary/aromatic N) is 4. The molecule has 4 atom stereocenters. The number of benzene rings is 2. The van der Waals surface area contributed by atoms with Crippen LogP contribution >= 0.6 is 0 Å². The summed E-state index contributed by atoms with van der Waals surface area (Å²) >= 11 is 0. The fourth-order valence-corrected chi connectivity index (χ4v) is 5.05. The number of non-ortho nitro benzene ring substituents is 1. The van der Waals surface area contributed by atoms with Crippen molar-refractivity contribution >= 4 is 29.0 Å². The van der Waals surface area contributed by atoms with E-state index >= 15 is 0 Å². The zero-order valence-electron chi connectivity index (χ0n) is 18.4. The Balaban J connectivity index is 1.59. The largest absolute Gasteiger partial charge is 0.497 e. The second kappa shape index (κ2) is 8.22. The number of ether oxygens (including phenoxy) is 1. The smallest absolute Gasteiger partial charge is 0.270 e. The predicted molar refractivity (Wildman–Crippen MR) is 122 cm³/mol. The van der Waals surface area contributed by atoms with Gasteiger partial charge in [-0.05, 0) is 36.4 Å². The Morgan fingerprint density at radius 3 is 2.49 bits per heavy atom. The fraction of sp³-hybridized carbons (Fsp3) is 0.200. The first-order chi connectivity index (χ1) is 16.8. The van der Waals surface area contributed by atoms with Crippen molar-refractivity contribution in [2.45, 2.75) is 12.1 Å². The molecule has 174 valence electrons. The van der Waals surface area contributed by atoms with Crippen LogP contribution in [0.25, 0.3) is 0 Å². The number of hydrogen-bond acceptors (Lipinski definition) is 8. The average Bonchev–Trinajstić information content (AvgIpc) is 3.35. The number of nitro benzene ring substituents is 1. The van der Waals surface area contributed by atoms with E-state index in [1.165, 1.54) is 31.4 Å². The number of anilines is 1. The summed E-state index contributed by atoms with van der Waals surface area (Å²) < 4.78 is 5.15. The molecule has 2 aromatic rings. The topological polar surface area (TPSA) is 134 Å². The number of ketones is 1. The van der Waals surface area contributed by atoms with E-state index in [9.17, 15) is 29.8 Å². The van der Waals surface area contributed by atoms with Crippen LogP contribution < -0.4 is 9.64 Å². The lowest BCUT2D eigenvalue weighted by Gasteiger charge is -2.32. The lowest BCUT2D eigenvalue weighted by atomic mass is 9.86. The minimum atomic E-state index is -1.07. The predicted octanol–water partition coefficient (Wildman–Crippen LogP) is 2.62. The lowest BCUT2D eigenvalue weighted by Crippen LogP contribution is -2.46. The Labute approximate surface area is 199 Å². The van der Waals surface area contributed by atoms with Crippen molar-refractivity contribution in [3.63, 3.8) is 0 Å². The van der Waals surface area contributed by atoms with Crippen molar-refractivity contribution in [2.75, 3.05) is 12.0 Å². The summed E-state index contributed by atoms with van der Waals surface area (Å²) in [4.78, 5) is 54.2. The van der Waals surface area contributed by atoms with Crippen molar-refractivity contribution in [3.05, 3.63) is 88.1 Å². The van der Waals surface area contributed by atoms with E-state index in [1.807, 2.05) is 6.07 Å². The zero-order chi connectivity index (χ0) is 24.9. The van der Waals surface area contributed by atoms with Gasteiger partial charge in [-0.2, -0.15) is 5.26 Å². The number of carbonyl (C=O) groups is 3. The third-order valence-electron chi connectivity index (χ3n) is 6.62. The van der Waals surface area contributed by atoms with Gasteiger partial charge in [0.2, 0.25) is 11.8 Å². The number of carbonyl (C=O) groups excluding carboxylic acids is 3. The van der Waals surface area contributed by atoms with E-state index in [0.717, 1.165) is 11.0 Å². The van der Waals surface area contributed by atoms with Crippen LogP contribution in [0.3, 0.4) is 0 Å². The molecule has 3 aliphatic heterocycles. The van der Waals surface area contributed by atoms with Gasteiger partial charge in [0.05, 0.1) is 47.2 Å². The van der Waals surface area contributed by atoms with Crippen molar-refractivity contribution in [1.29, 1.82) is 5.26 Å². The first-order valence-electron chi connectivity index (χ1n) is 10.7. The average molecular weight is 470 g/mol. The number of nitro groups is 1. The molecule has 10 nitrogen and oxygen atoms in total. The summed E-state index contributed by atoms with van der Waals surface area (Å²) in [6, 6.07) is 12.0. The van der Waals surface area contributed by atoms with Gasteiger partial charge in [0, 0.05) is 23.9 Å². The number of nitriles is 1. The number of imide groups is 1. The van der Waals surface area contributed by atoms with Crippen molar-refractivity contribution in [1.82, 2.24) is 4.90 Å². The second-order valence-electron chi connectivity index (χ2n) is 8.37. The number of fused-ring (bicyclic) bond motifs is 3. The first kappa shape index (κ1) is 22.0. The molecule has 2 aromatic carbocycles. The van der Waals surface area contributed by atoms with Crippen LogP contribution in [-0.4, -0.2) is 46.6 Å². The number of methoxy groups -OCH3 is 1. The summed E-state index contributed by atoms with van der Waals surface area (Å²) in [7, 11) is 1.50. The molecule has 0 bridgehead atoms. The molecule has 0 radical (unpaired) electrons. The summed E-state index contributed by atoms with van der Waals surface area (Å²) in [5.74, 6) is -2.90. The molecule has 2 fully saturated rings. The van der Waals surface area contributed by atoms with Gasteiger partial charge in [0.15, 0.2) is 5.78 Å². The highest BCUT2D eigenvalue weighted by Gasteiger charge is 2.63. The minimum Gasteiger partial charge on any atom is -0.497 e. The van der Waals surface area contributed by atoms with Gasteiger partial charge in [0.25, 0.3) is 5.69 Å². The summed E-state index contributed by atoms with van der Waals surface area (Å²) in [6.45, 7) is 0. The number of allylic oxidation sites excluding steroid dienone is 2. The van der Waals surface area contributed by atoms with Crippen molar-refractivity contribution in [2.24, 2.45) is 11.8 Å². The zero-order valence-corrected chi connectivity index (χ0v) is 18.4. The number of hydrogen-bond donors (Lipinski definition) is 0. The molecule has 0 spiro atoms. The first-order valence-corrected chi connectivity index (χ1v) is 10.7. The Morgan fingerprint density at radius 1 is 1.11 bits per heavy atom. The number of amides is 2. The second-order valence-corrected chi connectivity index (χ2v) is 8.37. The monoisotopic (exact) mass is 470 g/mol. The van der Waals surface area contributed by atoms with Crippen LogP contribution in [0.4, 0.5) is 11.4 Å². The normalized spacial score (nSPS) is 24.5. The highest BCUT2D eigenvalue weighted by molar-refractivity contribution is 6.24. The highest BCUT2D eigenvalue weighted by atomic mass is 16.6. The van der Waals surface area contributed by atoms with Crippen LogP contribution in [0.15, 0.2) is 72.5 Å². The molecule has 5 rings (SSSR count). The van der Waals surface area contributed by atoms with Gasteiger partial charge in [-0.25, -0.2) is 4.90 Å². The third-order valence-corrected chi connectivity index (χ3v) is 6.62. The molecular weight excluding hydrogens is 452 g/mol. The Bertz CT molecular complexity index is 1370. The standard InChI is InChI=1S/C25H18N4O6/c1-35-18-7-5-16(6-8-18)28-24(31)20-19-11-14(13-26)9-10-27(19)22(21(20)25(28)32)23(30)15-3-2-4-17(12-15)29(33)34/h2-12,19-22H,1H3/t19-,20+,21-,22-/m1/s1. The van der Waals surface area contributed by atoms with Gasteiger partial charge in [-0.3, -0.25) is 24.5 Å². The summed E-state index contributed by atoms with van der Waals surface area (Å²) in [5, 5.41) is 20.6. The fourth-order valence-electron chi connectivity index (χ4n) is 5.05. The van der Waals surface area contributed by atoms with Crippen LogP contribution in [0.5, 0.6) is 5.75 Å². The highest BCUT2D eigenvalue weighted by Crippen LogP contribution is 2.47. The summed E-state index contributed by atoms with van der Waals surface area (Å²) in [6.07, 6.45) is 4.64. The molecule has 0 saturated carbocycles. The van der Waals surface area contributed by atoms with E-state index in [1.54, 1.807) is 41.4 Å².